The summed E-state index contributed by atoms with van der Waals surface area (Å²) in [7, 11) is 0. The molecule has 0 aromatic heterocycles. The Balaban J connectivity index is 1.71. The number of carbonyl (C=O) groups excluding carboxylic acids is 2. The van der Waals surface area contributed by atoms with Gasteiger partial charge in [-0.2, -0.15) is 0 Å². The van der Waals surface area contributed by atoms with Crippen LogP contribution >= 0.6 is 11.6 Å². The molecule has 4 aromatic carbocycles. The lowest BCUT2D eigenvalue weighted by Gasteiger charge is -2.13. The number of hydrogen-bond donors (Lipinski definition) is 1. The number of carbonyl (C=O) groups is 2. The van der Waals surface area contributed by atoms with Crippen molar-refractivity contribution in [2.75, 3.05) is 5.32 Å². The fraction of sp³-hybridized carbons (Fsp3) is 0. The van der Waals surface area contributed by atoms with Crippen molar-refractivity contribution in [2.24, 2.45) is 0 Å². The van der Waals surface area contributed by atoms with Gasteiger partial charge in [0.1, 0.15) is 23.2 Å². The van der Waals surface area contributed by atoms with Crippen LogP contribution in [0.25, 0.3) is 11.1 Å². The third kappa shape index (κ3) is 5.27. The second kappa shape index (κ2) is 9.80. The average Bonchev–Trinajstić information content (AvgIpc) is 2.81. The summed E-state index contributed by atoms with van der Waals surface area (Å²) in [5.74, 6) is -3.65. The highest BCUT2D eigenvalue weighted by atomic mass is 35.5. The monoisotopic (exact) mass is 481 g/mol. The number of amides is 1. The maximum atomic E-state index is 14.3. The molecule has 0 saturated carbocycles. The van der Waals surface area contributed by atoms with Crippen molar-refractivity contribution in [3.63, 3.8) is 0 Å². The molecule has 0 saturated heterocycles. The Labute approximate surface area is 197 Å². The second-order valence-corrected chi connectivity index (χ2v) is 7.63. The molecule has 34 heavy (non-hydrogen) atoms. The molecule has 4 rings (SSSR count). The first-order chi connectivity index (χ1) is 16.3. The van der Waals surface area contributed by atoms with Crippen molar-refractivity contribution in [3.05, 3.63) is 119 Å². The molecule has 0 fully saturated rings. The van der Waals surface area contributed by atoms with Crippen LogP contribution in [0, 0.1) is 17.5 Å². The van der Waals surface area contributed by atoms with Crippen LogP contribution in [0.1, 0.15) is 20.7 Å². The van der Waals surface area contributed by atoms with E-state index in [1.807, 2.05) is 0 Å². The lowest BCUT2D eigenvalue weighted by molar-refractivity contribution is 0.0733. The molecular formula is C26H15ClF3NO3. The van der Waals surface area contributed by atoms with E-state index in [0.29, 0.717) is 10.7 Å². The third-order valence-electron chi connectivity index (χ3n) is 4.85. The summed E-state index contributed by atoms with van der Waals surface area (Å²) in [6, 6.07) is 18.2. The van der Waals surface area contributed by atoms with Gasteiger partial charge in [-0.1, -0.05) is 17.7 Å². The molecule has 0 spiro atoms. The van der Waals surface area contributed by atoms with Gasteiger partial charge >= 0.3 is 5.97 Å². The van der Waals surface area contributed by atoms with Gasteiger partial charge in [0.15, 0.2) is 0 Å². The van der Waals surface area contributed by atoms with Gasteiger partial charge in [0.25, 0.3) is 5.91 Å². The van der Waals surface area contributed by atoms with Gasteiger partial charge in [-0.05, 0) is 78.4 Å². The molecule has 170 valence electrons. The van der Waals surface area contributed by atoms with Crippen molar-refractivity contribution in [1.82, 2.24) is 0 Å². The van der Waals surface area contributed by atoms with Crippen LogP contribution in [-0.4, -0.2) is 11.9 Å². The number of benzene rings is 4. The van der Waals surface area contributed by atoms with Gasteiger partial charge in [-0.25, -0.2) is 18.0 Å². The zero-order valence-electron chi connectivity index (χ0n) is 17.3. The highest BCUT2D eigenvalue weighted by molar-refractivity contribution is 6.30. The summed E-state index contributed by atoms with van der Waals surface area (Å²) in [5.41, 5.74) is 0.730. The highest BCUT2D eigenvalue weighted by Gasteiger charge is 2.19. The Morgan fingerprint density at radius 2 is 1.44 bits per heavy atom. The molecule has 0 bridgehead atoms. The van der Waals surface area contributed by atoms with Crippen LogP contribution in [0.2, 0.25) is 5.02 Å². The Bertz CT molecular complexity index is 1370. The normalized spacial score (nSPS) is 10.6. The van der Waals surface area contributed by atoms with Gasteiger partial charge < -0.3 is 10.1 Å². The van der Waals surface area contributed by atoms with E-state index in [0.717, 1.165) is 24.3 Å². The summed E-state index contributed by atoms with van der Waals surface area (Å²) in [4.78, 5) is 25.6. The minimum atomic E-state index is -0.819. The molecule has 0 unspecified atom stereocenters. The zero-order valence-corrected chi connectivity index (χ0v) is 18.1. The Morgan fingerprint density at radius 3 is 2.12 bits per heavy atom. The number of halogens is 4. The SMILES string of the molecule is O=C(Oc1ccc(-c2ccc(F)cc2F)cc1C(=O)Nc1ccc(Cl)cc1)c1ccc(F)cc1. The van der Waals surface area contributed by atoms with E-state index >= 15 is 0 Å². The maximum Gasteiger partial charge on any atom is 0.343 e. The number of ether oxygens (including phenoxy) is 1. The van der Waals surface area contributed by atoms with Crippen LogP contribution in [-0.2, 0) is 0 Å². The molecule has 0 aliphatic rings. The number of rotatable bonds is 5. The van der Waals surface area contributed by atoms with Gasteiger partial charge in [-0.3, -0.25) is 4.79 Å². The fourth-order valence-electron chi connectivity index (χ4n) is 3.16. The summed E-state index contributed by atoms with van der Waals surface area (Å²) >= 11 is 5.87. The Kier molecular flexibility index (Phi) is 6.65. The molecule has 0 heterocycles. The molecule has 4 aromatic rings. The molecule has 0 aliphatic heterocycles. The van der Waals surface area contributed by atoms with Gasteiger partial charge in [0.2, 0.25) is 0 Å². The van der Waals surface area contributed by atoms with E-state index in [9.17, 15) is 22.8 Å². The van der Waals surface area contributed by atoms with Gasteiger partial charge in [0.05, 0.1) is 11.1 Å². The van der Waals surface area contributed by atoms with E-state index in [1.165, 1.54) is 36.4 Å². The van der Waals surface area contributed by atoms with E-state index < -0.39 is 29.3 Å². The van der Waals surface area contributed by atoms with E-state index in [2.05, 4.69) is 5.32 Å². The van der Waals surface area contributed by atoms with Gasteiger partial charge in [-0.15, -0.1) is 0 Å². The zero-order chi connectivity index (χ0) is 24.2. The molecule has 8 heteroatoms. The van der Waals surface area contributed by atoms with Crippen LogP contribution in [0.4, 0.5) is 18.9 Å². The summed E-state index contributed by atoms with van der Waals surface area (Å²) < 4.78 is 46.3. The fourth-order valence-corrected chi connectivity index (χ4v) is 3.29. The average molecular weight is 482 g/mol. The largest absolute Gasteiger partial charge is 0.422 e. The number of anilines is 1. The van der Waals surface area contributed by atoms with Crippen molar-refractivity contribution >= 4 is 29.2 Å². The van der Waals surface area contributed by atoms with Crippen molar-refractivity contribution in [1.29, 1.82) is 0 Å². The number of esters is 1. The lowest BCUT2D eigenvalue weighted by Crippen LogP contribution is -2.16. The first kappa shape index (κ1) is 23.1. The molecule has 1 amide bonds. The van der Waals surface area contributed by atoms with E-state index in [4.69, 9.17) is 16.3 Å². The quantitative estimate of drug-likeness (QED) is 0.249. The van der Waals surface area contributed by atoms with Gasteiger partial charge in [0, 0.05) is 22.3 Å². The second-order valence-electron chi connectivity index (χ2n) is 7.19. The smallest absolute Gasteiger partial charge is 0.343 e. The van der Waals surface area contributed by atoms with Crippen LogP contribution < -0.4 is 10.1 Å². The predicted molar refractivity (Wildman–Crippen MR) is 123 cm³/mol. The van der Waals surface area contributed by atoms with Crippen molar-refractivity contribution < 1.29 is 27.5 Å². The molecule has 0 aliphatic carbocycles. The van der Waals surface area contributed by atoms with Crippen molar-refractivity contribution in [2.45, 2.75) is 0 Å². The summed E-state index contributed by atoms with van der Waals surface area (Å²) in [5, 5.41) is 3.13. The standard InChI is InChI=1S/C26H15ClF3NO3/c27-17-4-9-20(10-5-17)31-25(32)22-13-16(21-11-8-19(29)14-23(21)30)3-12-24(22)34-26(33)15-1-6-18(28)7-2-15/h1-14H,(H,31,32). The predicted octanol–water partition coefficient (Wildman–Crippen LogP) is 6.90. The Hall–Kier alpha value is -4.10. The first-order valence-electron chi connectivity index (χ1n) is 9.94. The van der Waals surface area contributed by atoms with Crippen LogP contribution in [0.3, 0.4) is 0 Å². The summed E-state index contributed by atoms with van der Waals surface area (Å²) in [6.45, 7) is 0. The summed E-state index contributed by atoms with van der Waals surface area (Å²) in [6.07, 6.45) is 0. The highest BCUT2D eigenvalue weighted by Crippen LogP contribution is 2.30. The molecule has 1 N–H and O–H groups in total. The third-order valence-corrected chi connectivity index (χ3v) is 5.10. The molecule has 0 radical (unpaired) electrons. The minimum Gasteiger partial charge on any atom is -0.422 e. The number of nitrogens with one attached hydrogen (secondary N) is 1. The lowest BCUT2D eigenvalue weighted by atomic mass is 10.0. The van der Waals surface area contributed by atoms with Crippen LogP contribution in [0.5, 0.6) is 5.75 Å². The Morgan fingerprint density at radius 1 is 0.765 bits per heavy atom. The molecule has 0 atom stereocenters. The topological polar surface area (TPSA) is 55.4 Å². The molecular weight excluding hydrogens is 467 g/mol. The number of hydrogen-bond acceptors (Lipinski definition) is 3. The van der Waals surface area contributed by atoms with Crippen molar-refractivity contribution in [3.8, 4) is 16.9 Å². The molecule has 4 nitrogen and oxygen atoms in total. The van der Waals surface area contributed by atoms with E-state index in [1.54, 1.807) is 24.3 Å². The van der Waals surface area contributed by atoms with Crippen LogP contribution in [0.15, 0.2) is 84.9 Å². The first-order valence-corrected chi connectivity index (χ1v) is 10.3. The minimum absolute atomic E-state index is 0.0540. The maximum absolute atomic E-state index is 14.3. The van der Waals surface area contributed by atoms with E-state index in [-0.39, 0.29) is 28.0 Å².